The van der Waals surface area contributed by atoms with Crippen molar-refractivity contribution in [2.45, 2.75) is 32.6 Å². The highest BCUT2D eigenvalue weighted by Crippen LogP contribution is 2.25. The third-order valence-electron chi connectivity index (χ3n) is 3.32. The van der Waals surface area contributed by atoms with E-state index in [4.69, 9.17) is 0 Å². The first-order valence-corrected chi connectivity index (χ1v) is 6.00. The molecule has 0 bridgehead atoms. The smallest absolute Gasteiger partial charge is 0.0379 e. The van der Waals surface area contributed by atoms with Gasteiger partial charge in [-0.2, -0.15) is 0 Å². The molecule has 1 heteroatoms. The maximum absolute atomic E-state index is 4.43. The first-order valence-electron chi connectivity index (χ1n) is 6.00. The third kappa shape index (κ3) is 2.41. The summed E-state index contributed by atoms with van der Waals surface area (Å²) in [6, 6.07) is 10.7. The number of aliphatic imine (C=N–C) groups is 1. The molecule has 0 amide bonds. The van der Waals surface area contributed by atoms with Gasteiger partial charge in [0.25, 0.3) is 0 Å². The highest BCUT2D eigenvalue weighted by atomic mass is 14.7. The largest absolute Gasteiger partial charge is 0.293 e. The highest BCUT2D eigenvalue weighted by molar-refractivity contribution is 6.01. The molecule has 0 aliphatic heterocycles. The number of hydrogen-bond donors (Lipinski definition) is 0. The average molecular weight is 213 g/mol. The molecule has 0 N–H and O–H groups in total. The number of benzene rings is 1. The van der Waals surface area contributed by atoms with Crippen molar-refractivity contribution in [1.29, 1.82) is 0 Å². The fourth-order valence-corrected chi connectivity index (χ4v) is 2.37. The standard InChI is InChI=1S/C15H19N/c1-12-7-6-10-15(16-2)14(12)11-13-8-4-3-5-9-13/h3-5,8-9H,6-7,10-11H2,1-2H3. The predicted molar refractivity (Wildman–Crippen MR) is 70.1 cm³/mol. The van der Waals surface area contributed by atoms with Crippen LogP contribution in [-0.2, 0) is 6.42 Å². The van der Waals surface area contributed by atoms with Gasteiger partial charge in [-0.25, -0.2) is 0 Å². The Labute approximate surface area is 97.9 Å². The van der Waals surface area contributed by atoms with E-state index in [9.17, 15) is 0 Å². The van der Waals surface area contributed by atoms with Gasteiger partial charge < -0.3 is 0 Å². The van der Waals surface area contributed by atoms with Crippen molar-refractivity contribution in [2.75, 3.05) is 7.05 Å². The first-order chi connectivity index (χ1) is 7.81. The van der Waals surface area contributed by atoms with Crippen LogP contribution in [-0.4, -0.2) is 12.8 Å². The molecule has 0 fully saturated rings. The van der Waals surface area contributed by atoms with Gasteiger partial charge in [0.05, 0.1) is 0 Å². The van der Waals surface area contributed by atoms with Crippen LogP contribution in [0.3, 0.4) is 0 Å². The second-order valence-corrected chi connectivity index (χ2v) is 4.45. The normalized spacial score (nSPS) is 19.2. The lowest BCUT2D eigenvalue weighted by molar-refractivity contribution is 0.810. The maximum Gasteiger partial charge on any atom is 0.0379 e. The highest BCUT2D eigenvalue weighted by Gasteiger charge is 2.15. The number of hydrogen-bond acceptors (Lipinski definition) is 1. The molecule has 0 spiro atoms. The molecular weight excluding hydrogens is 194 g/mol. The minimum Gasteiger partial charge on any atom is -0.293 e. The van der Waals surface area contributed by atoms with Gasteiger partial charge in [0.15, 0.2) is 0 Å². The zero-order valence-electron chi connectivity index (χ0n) is 10.2. The molecule has 1 aliphatic carbocycles. The van der Waals surface area contributed by atoms with Crippen molar-refractivity contribution >= 4 is 5.71 Å². The van der Waals surface area contributed by atoms with E-state index in [2.05, 4.69) is 42.2 Å². The maximum atomic E-state index is 4.43. The van der Waals surface area contributed by atoms with Crippen LogP contribution < -0.4 is 0 Å². The van der Waals surface area contributed by atoms with E-state index in [0.29, 0.717) is 0 Å². The molecule has 0 radical (unpaired) electrons. The summed E-state index contributed by atoms with van der Waals surface area (Å²) in [6.45, 7) is 2.25. The molecule has 1 aromatic rings. The molecular formula is C15H19N. The minimum absolute atomic E-state index is 1.04. The van der Waals surface area contributed by atoms with Crippen LogP contribution >= 0.6 is 0 Å². The summed E-state index contributed by atoms with van der Waals surface area (Å²) in [5.41, 5.74) is 5.70. The zero-order chi connectivity index (χ0) is 11.4. The molecule has 1 nitrogen and oxygen atoms in total. The second kappa shape index (κ2) is 5.11. The third-order valence-corrected chi connectivity index (χ3v) is 3.32. The molecule has 84 valence electrons. The Morgan fingerprint density at radius 3 is 2.56 bits per heavy atom. The Hall–Kier alpha value is -1.37. The zero-order valence-corrected chi connectivity index (χ0v) is 10.2. The summed E-state index contributed by atoms with van der Waals surface area (Å²) in [4.78, 5) is 4.43. The van der Waals surface area contributed by atoms with Gasteiger partial charge in [-0.05, 0) is 43.7 Å². The summed E-state index contributed by atoms with van der Waals surface area (Å²) in [5.74, 6) is 0. The van der Waals surface area contributed by atoms with Gasteiger partial charge in [-0.3, -0.25) is 4.99 Å². The molecule has 0 unspecified atom stereocenters. The minimum atomic E-state index is 1.04. The van der Waals surface area contributed by atoms with Crippen molar-refractivity contribution in [2.24, 2.45) is 4.99 Å². The fraction of sp³-hybridized carbons (Fsp3) is 0.400. The lowest BCUT2D eigenvalue weighted by Crippen LogP contribution is -2.13. The van der Waals surface area contributed by atoms with Gasteiger partial charge in [-0.1, -0.05) is 35.9 Å². The van der Waals surface area contributed by atoms with E-state index in [1.807, 2.05) is 7.05 Å². The number of allylic oxidation sites excluding steroid dienone is 2. The van der Waals surface area contributed by atoms with Crippen LogP contribution in [0.4, 0.5) is 0 Å². The van der Waals surface area contributed by atoms with E-state index in [-0.39, 0.29) is 0 Å². The topological polar surface area (TPSA) is 12.4 Å². The molecule has 0 saturated carbocycles. The monoisotopic (exact) mass is 213 g/mol. The van der Waals surface area contributed by atoms with E-state index >= 15 is 0 Å². The summed E-state index contributed by atoms with van der Waals surface area (Å²) in [5, 5.41) is 0. The van der Waals surface area contributed by atoms with Gasteiger partial charge in [0.1, 0.15) is 0 Å². The van der Waals surface area contributed by atoms with Crippen molar-refractivity contribution in [1.82, 2.24) is 0 Å². The Morgan fingerprint density at radius 1 is 1.12 bits per heavy atom. The first kappa shape index (κ1) is 11.1. The lowest BCUT2D eigenvalue weighted by atomic mass is 9.87. The Morgan fingerprint density at radius 2 is 1.88 bits per heavy atom. The molecule has 0 aromatic heterocycles. The van der Waals surface area contributed by atoms with Gasteiger partial charge in [-0.15, -0.1) is 0 Å². The molecule has 16 heavy (non-hydrogen) atoms. The number of nitrogens with zero attached hydrogens (tertiary/aromatic N) is 1. The van der Waals surface area contributed by atoms with Gasteiger partial charge >= 0.3 is 0 Å². The van der Waals surface area contributed by atoms with Crippen molar-refractivity contribution in [3.8, 4) is 0 Å². The molecule has 0 saturated heterocycles. The SMILES string of the molecule is CN=C1CCCC(C)=C1Cc1ccccc1. The van der Waals surface area contributed by atoms with Crippen LogP contribution in [0.5, 0.6) is 0 Å². The molecule has 1 aliphatic rings. The summed E-state index contributed by atoms with van der Waals surface area (Å²) in [7, 11) is 1.92. The predicted octanol–water partition coefficient (Wildman–Crippen LogP) is 3.80. The van der Waals surface area contributed by atoms with Gasteiger partial charge in [0, 0.05) is 12.8 Å². The quantitative estimate of drug-likeness (QED) is 0.708. The number of rotatable bonds is 2. The van der Waals surface area contributed by atoms with E-state index < -0.39 is 0 Å². The molecule has 0 heterocycles. The van der Waals surface area contributed by atoms with Crippen LogP contribution in [0.1, 0.15) is 31.7 Å². The summed E-state index contributed by atoms with van der Waals surface area (Å²) >= 11 is 0. The van der Waals surface area contributed by atoms with Gasteiger partial charge in [0.2, 0.25) is 0 Å². The summed E-state index contributed by atoms with van der Waals surface area (Å²) in [6.07, 6.45) is 4.69. The van der Waals surface area contributed by atoms with E-state index in [1.165, 1.54) is 35.3 Å². The fourth-order valence-electron chi connectivity index (χ4n) is 2.37. The lowest BCUT2D eigenvalue weighted by Gasteiger charge is -2.20. The Kier molecular flexibility index (Phi) is 3.55. The van der Waals surface area contributed by atoms with Crippen LogP contribution in [0, 0.1) is 0 Å². The van der Waals surface area contributed by atoms with Crippen LogP contribution in [0.2, 0.25) is 0 Å². The van der Waals surface area contributed by atoms with Crippen molar-refractivity contribution < 1.29 is 0 Å². The van der Waals surface area contributed by atoms with Crippen molar-refractivity contribution in [3.05, 3.63) is 47.0 Å². The van der Waals surface area contributed by atoms with Crippen LogP contribution in [0.15, 0.2) is 46.5 Å². The van der Waals surface area contributed by atoms with Crippen LogP contribution in [0.25, 0.3) is 0 Å². The molecule has 0 atom stereocenters. The molecule has 2 rings (SSSR count). The average Bonchev–Trinajstić information content (AvgIpc) is 2.33. The summed E-state index contributed by atoms with van der Waals surface area (Å²) < 4.78 is 0. The van der Waals surface area contributed by atoms with Crippen molar-refractivity contribution in [3.63, 3.8) is 0 Å². The Balaban J connectivity index is 2.25. The molecule has 1 aromatic carbocycles. The van der Waals surface area contributed by atoms with E-state index in [1.54, 1.807) is 0 Å². The van der Waals surface area contributed by atoms with E-state index in [0.717, 1.165) is 12.8 Å². The second-order valence-electron chi connectivity index (χ2n) is 4.45. The Bertz CT molecular complexity index is 412.